The largest absolute Gasteiger partial charge is 0.493 e. The van der Waals surface area contributed by atoms with Gasteiger partial charge in [-0.05, 0) is 70.6 Å². The van der Waals surface area contributed by atoms with E-state index in [1.807, 2.05) is 56.4 Å². The number of hydrogen-bond acceptors (Lipinski definition) is 10. The van der Waals surface area contributed by atoms with Crippen LogP contribution in [0.5, 0.6) is 11.5 Å². The molecule has 4 rings (SSSR count). The fraction of sp³-hybridized carbons (Fsp3) is 0.364. The molecule has 0 unspecified atom stereocenters. The quantitative estimate of drug-likeness (QED) is 0.222. The maximum Gasteiger partial charge on any atom is 0.209 e. The molecule has 11 nitrogen and oxygen atoms in total. The number of thioether (sulfide) groups is 1. The number of aromatic nitrogens is 8. The lowest BCUT2D eigenvalue weighted by Gasteiger charge is -2.13. The predicted octanol–water partition coefficient (Wildman–Crippen LogP) is 2.78. The molecule has 0 bridgehead atoms. The molecule has 0 aliphatic carbocycles. The highest BCUT2D eigenvalue weighted by atomic mass is 35.5. The van der Waals surface area contributed by atoms with E-state index in [0.29, 0.717) is 17.3 Å². The number of benzene rings is 2. The Kier molecular flexibility index (Phi) is 9.82. The third kappa shape index (κ3) is 7.13. The molecule has 0 saturated carbocycles. The smallest absolute Gasteiger partial charge is 0.209 e. The molecule has 0 spiro atoms. The molecule has 2 aromatic heterocycles. The highest BCUT2D eigenvalue weighted by Crippen LogP contribution is 2.29. The summed E-state index contributed by atoms with van der Waals surface area (Å²) in [5, 5.41) is 27.7. The van der Waals surface area contributed by atoms with Gasteiger partial charge < -0.3 is 14.8 Å². The number of hydrogen-bond donors (Lipinski definition) is 1. The molecule has 0 atom stereocenters. The van der Waals surface area contributed by atoms with E-state index in [4.69, 9.17) is 9.47 Å². The average Bonchev–Trinajstić information content (AvgIpc) is 3.49. The second-order valence-corrected chi connectivity index (χ2v) is 8.64. The number of ether oxygens (including phenoxy) is 2. The summed E-state index contributed by atoms with van der Waals surface area (Å²) in [5.74, 6) is 2.85. The Morgan fingerprint density at radius 1 is 1.00 bits per heavy atom. The molecule has 0 amide bonds. The standard InChI is InChI=1S/C22H27N9O2S.ClH/c1-16-5-8-18(9-6-16)31-21(24-26-29-31)15-33-19-10-7-17(13-20(19)32-3)14-23-11-4-12-34-22-25-27-28-30(22)2;/h5-10,13,23H,4,11-12,14-15H2,1-3H3;1H. The molecular formula is C22H28ClN9O2S. The van der Waals surface area contributed by atoms with Crippen molar-refractivity contribution in [1.82, 2.24) is 45.7 Å². The van der Waals surface area contributed by atoms with Gasteiger partial charge in [-0.15, -0.1) is 22.6 Å². The highest BCUT2D eigenvalue weighted by Gasteiger charge is 2.12. The number of nitrogens with one attached hydrogen (secondary N) is 1. The maximum absolute atomic E-state index is 5.99. The molecule has 0 saturated heterocycles. The molecule has 2 heterocycles. The van der Waals surface area contributed by atoms with Gasteiger partial charge in [0.15, 0.2) is 23.9 Å². The summed E-state index contributed by atoms with van der Waals surface area (Å²) >= 11 is 1.65. The summed E-state index contributed by atoms with van der Waals surface area (Å²) in [4.78, 5) is 0. The van der Waals surface area contributed by atoms with Crippen molar-refractivity contribution in [1.29, 1.82) is 0 Å². The van der Waals surface area contributed by atoms with Crippen LogP contribution in [0, 0.1) is 6.92 Å². The van der Waals surface area contributed by atoms with Crippen molar-refractivity contribution in [3.05, 3.63) is 59.4 Å². The van der Waals surface area contributed by atoms with Gasteiger partial charge in [-0.3, -0.25) is 0 Å². The average molecular weight is 518 g/mol. The van der Waals surface area contributed by atoms with Crippen LogP contribution in [-0.2, 0) is 20.2 Å². The minimum Gasteiger partial charge on any atom is -0.493 e. The first kappa shape index (κ1) is 26.4. The highest BCUT2D eigenvalue weighted by molar-refractivity contribution is 7.99. The number of rotatable bonds is 12. The summed E-state index contributed by atoms with van der Waals surface area (Å²) in [6.07, 6.45) is 1.01. The Hall–Kier alpha value is -3.22. The minimum absolute atomic E-state index is 0. The van der Waals surface area contributed by atoms with E-state index in [1.165, 1.54) is 5.56 Å². The van der Waals surface area contributed by atoms with Crippen LogP contribution in [0.3, 0.4) is 0 Å². The van der Waals surface area contributed by atoms with Gasteiger partial charge in [-0.25, -0.2) is 4.68 Å². The van der Waals surface area contributed by atoms with Gasteiger partial charge in [0, 0.05) is 19.3 Å². The number of nitrogens with zero attached hydrogens (tertiary/aromatic N) is 8. The molecule has 2 aromatic carbocycles. The van der Waals surface area contributed by atoms with E-state index >= 15 is 0 Å². The SMILES string of the molecule is COc1cc(CNCCCSc2nnnn2C)ccc1OCc1nnnn1-c1ccc(C)cc1.Cl. The molecular weight excluding hydrogens is 490 g/mol. The zero-order valence-corrected chi connectivity index (χ0v) is 21.4. The Labute approximate surface area is 214 Å². The summed E-state index contributed by atoms with van der Waals surface area (Å²) in [6, 6.07) is 13.9. The molecule has 4 aromatic rings. The third-order valence-corrected chi connectivity index (χ3v) is 6.13. The van der Waals surface area contributed by atoms with Crippen molar-refractivity contribution in [3.8, 4) is 17.2 Å². The first-order valence-electron chi connectivity index (χ1n) is 10.8. The van der Waals surface area contributed by atoms with E-state index in [2.05, 4.69) is 36.4 Å². The van der Waals surface area contributed by atoms with Crippen molar-refractivity contribution >= 4 is 24.2 Å². The Balaban J connectivity index is 0.00000342. The predicted molar refractivity (Wildman–Crippen MR) is 134 cm³/mol. The normalized spacial score (nSPS) is 10.7. The van der Waals surface area contributed by atoms with Crippen molar-refractivity contribution in [2.24, 2.45) is 7.05 Å². The van der Waals surface area contributed by atoms with Crippen molar-refractivity contribution in [3.63, 3.8) is 0 Å². The molecule has 0 aliphatic rings. The molecule has 1 N–H and O–H groups in total. The molecule has 0 fully saturated rings. The van der Waals surface area contributed by atoms with Crippen LogP contribution >= 0.6 is 24.2 Å². The van der Waals surface area contributed by atoms with Gasteiger partial charge in [-0.2, -0.15) is 4.68 Å². The summed E-state index contributed by atoms with van der Waals surface area (Å²) < 4.78 is 14.9. The van der Waals surface area contributed by atoms with Crippen molar-refractivity contribution in [2.45, 2.75) is 31.7 Å². The van der Waals surface area contributed by atoms with Gasteiger partial charge >= 0.3 is 0 Å². The third-order valence-electron chi connectivity index (χ3n) is 5.04. The zero-order valence-electron chi connectivity index (χ0n) is 19.8. The van der Waals surface area contributed by atoms with Crippen molar-refractivity contribution in [2.75, 3.05) is 19.4 Å². The van der Waals surface area contributed by atoms with Crippen LogP contribution in [0.4, 0.5) is 0 Å². The van der Waals surface area contributed by atoms with Crippen LogP contribution in [0.25, 0.3) is 5.69 Å². The van der Waals surface area contributed by atoms with Gasteiger partial charge in [-0.1, -0.05) is 35.5 Å². The zero-order chi connectivity index (χ0) is 23.8. The molecule has 35 heavy (non-hydrogen) atoms. The van der Waals surface area contributed by atoms with E-state index < -0.39 is 0 Å². The Morgan fingerprint density at radius 3 is 2.54 bits per heavy atom. The summed E-state index contributed by atoms with van der Waals surface area (Å²) in [6.45, 7) is 3.88. The van der Waals surface area contributed by atoms with E-state index in [9.17, 15) is 0 Å². The van der Waals surface area contributed by atoms with E-state index in [-0.39, 0.29) is 19.0 Å². The molecule has 186 valence electrons. The topological polar surface area (TPSA) is 118 Å². The number of aryl methyl sites for hydroxylation is 2. The maximum atomic E-state index is 5.99. The van der Waals surface area contributed by atoms with Crippen LogP contribution in [0.1, 0.15) is 23.4 Å². The number of tetrazole rings is 2. The fourth-order valence-corrected chi connectivity index (χ4v) is 3.99. The second-order valence-electron chi connectivity index (χ2n) is 7.58. The van der Waals surface area contributed by atoms with E-state index in [0.717, 1.165) is 41.7 Å². The van der Waals surface area contributed by atoms with Crippen LogP contribution in [0.15, 0.2) is 47.6 Å². The molecule has 13 heteroatoms. The Bertz CT molecular complexity index is 1200. The lowest BCUT2D eigenvalue weighted by Crippen LogP contribution is -2.15. The Morgan fingerprint density at radius 2 is 1.80 bits per heavy atom. The fourth-order valence-electron chi connectivity index (χ4n) is 3.20. The van der Waals surface area contributed by atoms with Gasteiger partial charge in [0.25, 0.3) is 0 Å². The van der Waals surface area contributed by atoms with Gasteiger partial charge in [0.05, 0.1) is 12.8 Å². The first-order valence-corrected chi connectivity index (χ1v) is 11.8. The molecule has 0 radical (unpaired) electrons. The van der Waals surface area contributed by atoms with Crippen LogP contribution < -0.4 is 14.8 Å². The van der Waals surface area contributed by atoms with Gasteiger partial charge in [0.2, 0.25) is 5.16 Å². The van der Waals surface area contributed by atoms with Gasteiger partial charge in [0.1, 0.15) is 0 Å². The lowest BCUT2D eigenvalue weighted by molar-refractivity contribution is 0.273. The first-order chi connectivity index (χ1) is 16.6. The number of halogens is 1. The molecule has 0 aliphatic heterocycles. The lowest BCUT2D eigenvalue weighted by atomic mass is 10.2. The van der Waals surface area contributed by atoms with Crippen LogP contribution in [-0.4, -0.2) is 59.8 Å². The number of methoxy groups -OCH3 is 1. The monoisotopic (exact) mass is 517 g/mol. The summed E-state index contributed by atoms with van der Waals surface area (Å²) in [7, 11) is 3.47. The van der Waals surface area contributed by atoms with Crippen LogP contribution in [0.2, 0.25) is 0 Å². The summed E-state index contributed by atoms with van der Waals surface area (Å²) in [5.41, 5.74) is 3.17. The minimum atomic E-state index is 0. The van der Waals surface area contributed by atoms with Crippen molar-refractivity contribution < 1.29 is 9.47 Å². The second kappa shape index (κ2) is 13.0. The van der Waals surface area contributed by atoms with E-state index in [1.54, 1.807) is 28.2 Å².